The molecule has 68 valence electrons. The van der Waals surface area contributed by atoms with E-state index in [0.717, 1.165) is 6.54 Å². The van der Waals surface area contributed by atoms with Crippen LogP contribution < -0.4 is 5.32 Å². The molecule has 0 aromatic heterocycles. The SMILES string of the molecule is C=CNC=NCC.CC.CC. The van der Waals surface area contributed by atoms with Crippen LogP contribution in [0.25, 0.3) is 0 Å². The molecule has 0 aliphatic rings. The summed E-state index contributed by atoms with van der Waals surface area (Å²) < 4.78 is 0. The van der Waals surface area contributed by atoms with Gasteiger partial charge in [-0.1, -0.05) is 34.3 Å². The molecule has 0 amide bonds. The minimum Gasteiger partial charge on any atom is -0.354 e. The Morgan fingerprint density at radius 2 is 1.73 bits per heavy atom. The molecule has 0 saturated carbocycles. The third-order valence-corrected chi connectivity index (χ3v) is 0.466. The van der Waals surface area contributed by atoms with Crippen LogP contribution in [0.3, 0.4) is 0 Å². The van der Waals surface area contributed by atoms with Gasteiger partial charge >= 0.3 is 0 Å². The minimum absolute atomic E-state index is 0.820. The van der Waals surface area contributed by atoms with Crippen molar-refractivity contribution >= 4 is 6.34 Å². The Kier molecular flexibility index (Phi) is 53.0. The van der Waals surface area contributed by atoms with Gasteiger partial charge in [0.1, 0.15) is 0 Å². The molecule has 0 rings (SSSR count). The van der Waals surface area contributed by atoms with Crippen LogP contribution in [0.4, 0.5) is 0 Å². The maximum absolute atomic E-state index is 3.85. The lowest BCUT2D eigenvalue weighted by Gasteiger charge is -1.81. The highest BCUT2D eigenvalue weighted by Gasteiger charge is 1.59. The molecule has 11 heavy (non-hydrogen) atoms. The van der Waals surface area contributed by atoms with Crippen molar-refractivity contribution in [1.82, 2.24) is 5.32 Å². The van der Waals surface area contributed by atoms with Crippen molar-refractivity contribution in [1.29, 1.82) is 0 Å². The quantitative estimate of drug-likeness (QED) is 0.495. The average Bonchev–Trinajstić information content (AvgIpc) is 2.13. The molecule has 0 aromatic rings. The van der Waals surface area contributed by atoms with Gasteiger partial charge in [-0.05, 0) is 13.1 Å². The number of hydrogen-bond donors (Lipinski definition) is 1. The second-order valence-corrected chi connectivity index (χ2v) is 0.999. The van der Waals surface area contributed by atoms with E-state index < -0.39 is 0 Å². The number of nitrogens with one attached hydrogen (secondary N) is 1. The smallest absolute Gasteiger partial charge is 0.0862 e. The maximum Gasteiger partial charge on any atom is 0.0862 e. The molecular formula is C9H22N2. The lowest BCUT2D eigenvalue weighted by Crippen LogP contribution is -1.98. The van der Waals surface area contributed by atoms with E-state index in [2.05, 4.69) is 16.9 Å². The van der Waals surface area contributed by atoms with E-state index in [4.69, 9.17) is 0 Å². The second-order valence-electron chi connectivity index (χ2n) is 0.999. The van der Waals surface area contributed by atoms with E-state index in [9.17, 15) is 0 Å². The minimum atomic E-state index is 0.820. The molecule has 0 heterocycles. The highest BCUT2D eigenvalue weighted by molar-refractivity contribution is 5.55. The summed E-state index contributed by atoms with van der Waals surface area (Å²) in [5, 5.41) is 2.72. The maximum atomic E-state index is 3.85. The summed E-state index contributed by atoms with van der Waals surface area (Å²) in [7, 11) is 0. The first kappa shape index (κ1) is 16.7. The number of hydrogen-bond acceptors (Lipinski definition) is 1. The first-order valence-corrected chi connectivity index (χ1v) is 4.27. The first-order valence-electron chi connectivity index (χ1n) is 4.27. The predicted octanol–water partition coefficient (Wildman–Crippen LogP) is 2.82. The van der Waals surface area contributed by atoms with E-state index in [-0.39, 0.29) is 0 Å². The Hall–Kier alpha value is -0.790. The van der Waals surface area contributed by atoms with Gasteiger partial charge in [0.05, 0.1) is 6.34 Å². The lowest BCUT2D eigenvalue weighted by molar-refractivity contribution is 1.12. The van der Waals surface area contributed by atoms with Crippen LogP contribution in [0.2, 0.25) is 0 Å². The summed E-state index contributed by atoms with van der Waals surface area (Å²) >= 11 is 0. The Labute approximate surface area is 71.4 Å². The molecule has 0 fully saturated rings. The van der Waals surface area contributed by atoms with Gasteiger partial charge in [-0.2, -0.15) is 0 Å². The van der Waals surface area contributed by atoms with Crippen molar-refractivity contribution in [3.05, 3.63) is 12.8 Å². The fourth-order valence-corrected chi connectivity index (χ4v) is 0.197. The Morgan fingerprint density at radius 3 is 2.00 bits per heavy atom. The van der Waals surface area contributed by atoms with Crippen molar-refractivity contribution < 1.29 is 0 Å². The van der Waals surface area contributed by atoms with Crippen LogP contribution in [0.5, 0.6) is 0 Å². The zero-order valence-corrected chi connectivity index (χ0v) is 8.52. The molecule has 0 aliphatic heterocycles. The second kappa shape index (κ2) is 35.0. The largest absolute Gasteiger partial charge is 0.354 e. The molecule has 1 N–H and O–H groups in total. The molecule has 0 aromatic carbocycles. The van der Waals surface area contributed by atoms with Crippen molar-refractivity contribution in [2.75, 3.05) is 6.54 Å². The van der Waals surface area contributed by atoms with Crippen molar-refractivity contribution in [3.63, 3.8) is 0 Å². The van der Waals surface area contributed by atoms with E-state index in [0.29, 0.717) is 0 Å². The summed E-state index contributed by atoms with van der Waals surface area (Å²) in [6.45, 7) is 14.2. The summed E-state index contributed by atoms with van der Waals surface area (Å²) in [6.07, 6.45) is 3.20. The molecule has 0 saturated heterocycles. The zero-order chi connectivity index (χ0) is 9.54. The van der Waals surface area contributed by atoms with Gasteiger partial charge in [0, 0.05) is 6.54 Å². The van der Waals surface area contributed by atoms with Crippen LogP contribution in [0.1, 0.15) is 34.6 Å². The summed E-state index contributed by atoms with van der Waals surface area (Å²) in [6, 6.07) is 0. The third kappa shape index (κ3) is 46.5. The van der Waals surface area contributed by atoms with Gasteiger partial charge in [-0.3, -0.25) is 4.99 Å². The van der Waals surface area contributed by atoms with Crippen LogP contribution >= 0.6 is 0 Å². The van der Waals surface area contributed by atoms with Gasteiger partial charge < -0.3 is 5.32 Å². The molecule has 0 aliphatic carbocycles. The van der Waals surface area contributed by atoms with Crippen LogP contribution in [-0.4, -0.2) is 12.9 Å². The Balaban J connectivity index is -0.000000138. The Bertz CT molecular complexity index is 68.0. The van der Waals surface area contributed by atoms with Gasteiger partial charge in [-0.25, -0.2) is 0 Å². The lowest BCUT2D eigenvalue weighted by atomic mass is 10.8. The standard InChI is InChI=1S/C5H10N2.2C2H6/c1-3-6-5-7-4-2;2*1-2/h3,5H,1,4H2,2H3,(H,6,7);2*1-2H3. The van der Waals surface area contributed by atoms with Crippen molar-refractivity contribution in [2.45, 2.75) is 34.6 Å². The van der Waals surface area contributed by atoms with E-state index in [1.807, 2.05) is 34.6 Å². The predicted molar refractivity (Wildman–Crippen MR) is 55.1 cm³/mol. The van der Waals surface area contributed by atoms with Gasteiger partial charge in [0.2, 0.25) is 0 Å². The van der Waals surface area contributed by atoms with Crippen LogP contribution in [0.15, 0.2) is 17.8 Å². The fourth-order valence-electron chi connectivity index (χ4n) is 0.197. The average molecular weight is 158 g/mol. The van der Waals surface area contributed by atoms with E-state index in [1.165, 1.54) is 0 Å². The van der Waals surface area contributed by atoms with Gasteiger partial charge in [0.25, 0.3) is 0 Å². The van der Waals surface area contributed by atoms with Crippen molar-refractivity contribution in [2.24, 2.45) is 4.99 Å². The number of aliphatic imine (C=N–C) groups is 1. The molecule has 2 nitrogen and oxygen atoms in total. The highest BCUT2D eigenvalue weighted by atomic mass is 14.9. The monoisotopic (exact) mass is 158 g/mol. The van der Waals surface area contributed by atoms with Crippen LogP contribution in [0, 0.1) is 0 Å². The van der Waals surface area contributed by atoms with E-state index >= 15 is 0 Å². The number of nitrogens with zero attached hydrogens (tertiary/aromatic N) is 1. The number of rotatable bonds is 3. The summed E-state index contributed by atoms with van der Waals surface area (Å²) in [5.41, 5.74) is 0. The first-order chi connectivity index (χ1) is 5.41. The third-order valence-electron chi connectivity index (χ3n) is 0.466. The topological polar surface area (TPSA) is 24.4 Å². The molecule has 0 unspecified atom stereocenters. The normalized spacial score (nSPS) is 7.00. The van der Waals surface area contributed by atoms with Gasteiger partial charge in [-0.15, -0.1) is 0 Å². The molecule has 0 bridgehead atoms. The zero-order valence-electron chi connectivity index (χ0n) is 8.52. The molecule has 0 spiro atoms. The summed E-state index contributed by atoms with van der Waals surface area (Å²) in [4.78, 5) is 3.85. The highest BCUT2D eigenvalue weighted by Crippen LogP contribution is 1.57. The van der Waals surface area contributed by atoms with E-state index in [1.54, 1.807) is 12.5 Å². The molecule has 2 heteroatoms. The molecule has 0 atom stereocenters. The Morgan fingerprint density at radius 1 is 1.27 bits per heavy atom. The summed E-state index contributed by atoms with van der Waals surface area (Å²) in [5.74, 6) is 0. The van der Waals surface area contributed by atoms with Crippen LogP contribution in [-0.2, 0) is 0 Å². The van der Waals surface area contributed by atoms with Crippen molar-refractivity contribution in [3.8, 4) is 0 Å². The molecule has 0 radical (unpaired) electrons. The van der Waals surface area contributed by atoms with Gasteiger partial charge in [0.15, 0.2) is 0 Å². The fraction of sp³-hybridized carbons (Fsp3) is 0.667. The molecular weight excluding hydrogens is 136 g/mol.